The van der Waals surface area contributed by atoms with Gasteiger partial charge in [0.25, 0.3) is 0 Å². The summed E-state index contributed by atoms with van der Waals surface area (Å²) in [6, 6.07) is 15.7. The number of fused-ring (bicyclic) bond motifs is 3. The first kappa shape index (κ1) is 15.9. The number of rotatable bonds is 2. The third-order valence-electron chi connectivity index (χ3n) is 6.15. The van der Waals surface area contributed by atoms with Crippen LogP contribution >= 0.6 is 0 Å². The zero-order chi connectivity index (χ0) is 17.7. The lowest BCUT2D eigenvalue weighted by molar-refractivity contribution is 0.220. The Balaban J connectivity index is 1.69. The maximum atomic E-state index is 2.64. The van der Waals surface area contributed by atoms with Crippen LogP contribution in [0.5, 0.6) is 0 Å². The SMILES string of the molecule is Cc1ccc(C=Cn2c3c(c4cc(C)ccc42)CN2CCC3CC2)cc1. The van der Waals surface area contributed by atoms with Crippen LogP contribution in [-0.2, 0) is 6.54 Å². The average Bonchev–Trinajstić information content (AvgIpc) is 2.78. The fourth-order valence-corrected chi connectivity index (χ4v) is 4.71. The van der Waals surface area contributed by atoms with E-state index in [1.165, 1.54) is 53.5 Å². The Morgan fingerprint density at radius 3 is 2.42 bits per heavy atom. The Hall–Kier alpha value is -2.32. The summed E-state index contributed by atoms with van der Waals surface area (Å²) in [5, 5.41) is 1.45. The van der Waals surface area contributed by atoms with Crippen molar-refractivity contribution in [1.82, 2.24) is 9.47 Å². The molecule has 0 spiro atoms. The molecule has 4 heterocycles. The van der Waals surface area contributed by atoms with Crippen molar-refractivity contribution in [3.05, 3.63) is 70.4 Å². The van der Waals surface area contributed by atoms with E-state index in [1.54, 1.807) is 11.3 Å². The number of benzene rings is 2. The minimum absolute atomic E-state index is 0.694. The number of aryl methyl sites for hydroxylation is 2. The van der Waals surface area contributed by atoms with Gasteiger partial charge in [-0.3, -0.25) is 4.90 Å². The minimum Gasteiger partial charge on any atom is -0.320 e. The lowest BCUT2D eigenvalue weighted by atomic mass is 9.94. The summed E-state index contributed by atoms with van der Waals surface area (Å²) in [7, 11) is 0. The predicted octanol–water partition coefficient (Wildman–Crippen LogP) is 5.58. The Kier molecular flexibility index (Phi) is 3.75. The molecule has 3 aliphatic heterocycles. The van der Waals surface area contributed by atoms with Gasteiger partial charge in [0.05, 0.1) is 5.52 Å². The van der Waals surface area contributed by atoms with Crippen molar-refractivity contribution in [3.8, 4) is 0 Å². The summed E-state index contributed by atoms with van der Waals surface area (Å²) in [6.07, 6.45) is 7.15. The van der Waals surface area contributed by atoms with Gasteiger partial charge in [0, 0.05) is 29.7 Å². The van der Waals surface area contributed by atoms with Gasteiger partial charge in [-0.2, -0.15) is 0 Å². The van der Waals surface area contributed by atoms with Crippen LogP contribution in [0, 0.1) is 13.8 Å². The molecule has 0 N–H and O–H groups in total. The van der Waals surface area contributed by atoms with Crippen LogP contribution in [0.4, 0.5) is 0 Å². The predicted molar refractivity (Wildman–Crippen MR) is 110 cm³/mol. The topological polar surface area (TPSA) is 8.17 Å². The van der Waals surface area contributed by atoms with Crippen LogP contribution in [-0.4, -0.2) is 22.6 Å². The van der Waals surface area contributed by atoms with Crippen LogP contribution in [0.25, 0.3) is 23.2 Å². The molecular weight excluding hydrogens is 316 g/mol. The van der Waals surface area contributed by atoms with Crippen LogP contribution in [0.2, 0.25) is 0 Å². The number of aromatic nitrogens is 1. The largest absolute Gasteiger partial charge is 0.320 e. The van der Waals surface area contributed by atoms with Gasteiger partial charge in [-0.05, 0) is 69.1 Å². The second-order valence-corrected chi connectivity index (χ2v) is 8.03. The first-order valence-electron chi connectivity index (χ1n) is 9.79. The Labute approximate surface area is 155 Å². The molecule has 2 nitrogen and oxygen atoms in total. The fourth-order valence-electron chi connectivity index (χ4n) is 4.71. The van der Waals surface area contributed by atoms with E-state index >= 15 is 0 Å². The van der Waals surface area contributed by atoms with E-state index in [4.69, 9.17) is 0 Å². The third-order valence-corrected chi connectivity index (χ3v) is 6.15. The van der Waals surface area contributed by atoms with Gasteiger partial charge in [0.2, 0.25) is 0 Å². The highest BCUT2D eigenvalue weighted by Gasteiger charge is 2.32. The fraction of sp³-hybridized carbons (Fsp3) is 0.333. The second kappa shape index (κ2) is 6.14. The van der Waals surface area contributed by atoms with Crippen molar-refractivity contribution in [1.29, 1.82) is 0 Å². The normalized spacial score (nSPS) is 22.1. The molecule has 0 saturated carbocycles. The summed E-state index contributed by atoms with van der Waals surface area (Å²) >= 11 is 0. The van der Waals surface area contributed by atoms with Gasteiger partial charge in [-0.1, -0.05) is 41.5 Å². The van der Waals surface area contributed by atoms with Crippen molar-refractivity contribution in [2.75, 3.05) is 13.1 Å². The van der Waals surface area contributed by atoms with Gasteiger partial charge in [-0.25, -0.2) is 0 Å². The molecule has 1 aromatic heterocycles. The molecule has 1 fully saturated rings. The first-order valence-corrected chi connectivity index (χ1v) is 9.79. The molecule has 6 rings (SSSR count). The van der Waals surface area contributed by atoms with E-state index in [1.807, 2.05) is 0 Å². The molecular formula is C24H26N2. The zero-order valence-electron chi connectivity index (χ0n) is 15.7. The number of piperidine rings is 1. The molecule has 0 radical (unpaired) electrons. The molecule has 2 aromatic carbocycles. The van der Waals surface area contributed by atoms with Crippen LogP contribution in [0.15, 0.2) is 42.5 Å². The van der Waals surface area contributed by atoms with Crippen molar-refractivity contribution in [2.45, 2.75) is 39.2 Å². The quantitative estimate of drug-likeness (QED) is 0.590. The van der Waals surface area contributed by atoms with Crippen LogP contribution < -0.4 is 0 Å². The smallest absolute Gasteiger partial charge is 0.0529 e. The van der Waals surface area contributed by atoms with Crippen molar-refractivity contribution < 1.29 is 0 Å². The summed E-state index contributed by atoms with van der Waals surface area (Å²) in [6.45, 7) is 7.94. The van der Waals surface area contributed by atoms with Crippen LogP contribution in [0.3, 0.4) is 0 Å². The number of nitrogens with zero attached hydrogens (tertiary/aromatic N) is 2. The molecule has 1 saturated heterocycles. The molecule has 132 valence electrons. The summed E-state index contributed by atoms with van der Waals surface area (Å²) in [4.78, 5) is 2.64. The van der Waals surface area contributed by atoms with Gasteiger partial charge in [-0.15, -0.1) is 0 Å². The summed E-state index contributed by atoms with van der Waals surface area (Å²) in [5.74, 6) is 0.694. The second-order valence-electron chi connectivity index (χ2n) is 8.03. The zero-order valence-corrected chi connectivity index (χ0v) is 15.7. The Bertz CT molecular complexity index is 983. The Morgan fingerprint density at radius 1 is 0.923 bits per heavy atom. The van der Waals surface area contributed by atoms with Crippen molar-refractivity contribution in [3.63, 3.8) is 0 Å². The molecule has 26 heavy (non-hydrogen) atoms. The lowest BCUT2D eigenvalue weighted by Gasteiger charge is -2.27. The van der Waals surface area contributed by atoms with E-state index in [0.717, 1.165) is 6.54 Å². The van der Waals surface area contributed by atoms with E-state index in [-0.39, 0.29) is 0 Å². The molecule has 0 aliphatic carbocycles. The van der Waals surface area contributed by atoms with E-state index < -0.39 is 0 Å². The van der Waals surface area contributed by atoms with E-state index in [0.29, 0.717) is 5.92 Å². The molecule has 0 atom stereocenters. The Morgan fingerprint density at radius 2 is 1.65 bits per heavy atom. The van der Waals surface area contributed by atoms with Crippen LogP contribution in [0.1, 0.15) is 46.7 Å². The molecule has 0 unspecified atom stereocenters. The van der Waals surface area contributed by atoms with E-state index in [9.17, 15) is 0 Å². The maximum absolute atomic E-state index is 2.64. The van der Waals surface area contributed by atoms with Gasteiger partial charge < -0.3 is 4.57 Å². The molecule has 3 aliphatic rings. The summed E-state index contributed by atoms with van der Waals surface area (Å²) in [5.41, 5.74) is 8.42. The molecule has 2 heteroatoms. The van der Waals surface area contributed by atoms with E-state index in [2.05, 4.69) is 78.1 Å². The van der Waals surface area contributed by atoms with Gasteiger partial charge >= 0.3 is 0 Å². The number of hydrogen-bond acceptors (Lipinski definition) is 1. The highest BCUT2D eigenvalue weighted by Crippen LogP contribution is 2.41. The first-order chi connectivity index (χ1) is 12.7. The highest BCUT2D eigenvalue weighted by atomic mass is 15.1. The monoisotopic (exact) mass is 342 g/mol. The third kappa shape index (κ3) is 2.60. The molecule has 2 bridgehead atoms. The van der Waals surface area contributed by atoms with Gasteiger partial charge in [0.1, 0.15) is 0 Å². The summed E-state index contributed by atoms with van der Waals surface area (Å²) < 4.78 is 2.49. The highest BCUT2D eigenvalue weighted by molar-refractivity contribution is 5.89. The standard InChI is InChI=1S/C24H26N2/c1-17-3-6-19(7-4-17)9-14-26-23-8-5-18(2)15-21(23)22-16-25-12-10-20(11-13-25)24(22)26/h3-9,14-15,20H,10-13,16H2,1-2H3. The average molecular weight is 342 g/mol. The minimum atomic E-state index is 0.694. The van der Waals surface area contributed by atoms with Gasteiger partial charge in [0.15, 0.2) is 0 Å². The van der Waals surface area contributed by atoms with Crippen molar-refractivity contribution in [2.24, 2.45) is 0 Å². The van der Waals surface area contributed by atoms with Crippen molar-refractivity contribution >= 4 is 23.2 Å². The molecule has 0 amide bonds. The molecule has 3 aromatic rings. The maximum Gasteiger partial charge on any atom is 0.0529 e. The number of hydrogen-bond donors (Lipinski definition) is 0. The lowest BCUT2D eigenvalue weighted by Crippen LogP contribution is -2.29.